The molecule has 2 rings (SSSR count). The molecule has 6 heteroatoms. The van der Waals surface area contributed by atoms with Gasteiger partial charge in [-0.3, -0.25) is 4.79 Å². The number of rotatable bonds is 4. The normalized spacial score (nSPS) is 11.4. The molecule has 2 aromatic rings. The molecule has 0 atom stereocenters. The van der Waals surface area contributed by atoms with Gasteiger partial charge < -0.3 is 0 Å². The van der Waals surface area contributed by atoms with Crippen molar-refractivity contribution in [2.75, 3.05) is 0 Å². The van der Waals surface area contributed by atoms with E-state index in [1.54, 1.807) is 24.3 Å². The summed E-state index contributed by atoms with van der Waals surface area (Å²) in [5, 5.41) is 8.88. The van der Waals surface area contributed by atoms with E-state index in [9.17, 15) is 4.79 Å². The van der Waals surface area contributed by atoms with E-state index in [2.05, 4.69) is 15.2 Å². The molecule has 0 saturated heterocycles. The maximum absolute atomic E-state index is 12.2. The van der Waals surface area contributed by atoms with Crippen molar-refractivity contribution in [1.29, 1.82) is 0 Å². The van der Waals surface area contributed by atoms with Crippen LogP contribution < -0.4 is 0 Å². The maximum atomic E-state index is 12.2. The van der Waals surface area contributed by atoms with Gasteiger partial charge in [-0.25, -0.2) is 4.98 Å². The van der Waals surface area contributed by atoms with Gasteiger partial charge in [0.25, 0.3) is 0 Å². The van der Waals surface area contributed by atoms with Gasteiger partial charge in [-0.05, 0) is 26.0 Å². The third kappa shape index (κ3) is 3.45. The Balaban J connectivity index is 2.24. The number of hydrogen-bond donors (Lipinski definition) is 0. The molecule has 1 aromatic carbocycles. The van der Waals surface area contributed by atoms with E-state index in [4.69, 9.17) is 11.6 Å². The summed E-state index contributed by atoms with van der Waals surface area (Å²) in [6.45, 7) is 3.85. The second kappa shape index (κ2) is 6.04. The van der Waals surface area contributed by atoms with Crippen LogP contribution in [0, 0.1) is 0 Å². The summed E-state index contributed by atoms with van der Waals surface area (Å²) >= 11 is 7.21. The maximum Gasteiger partial charge on any atom is 0.230 e. The number of nitrogens with zero attached hydrogens (tertiary/aromatic N) is 3. The number of hydrogen-bond acceptors (Lipinski definition) is 5. The predicted octanol–water partition coefficient (Wildman–Crippen LogP) is 4.52. The molecular formula is C13H12ClN3OS. The lowest BCUT2D eigenvalue weighted by atomic mass is 10.1. The molecule has 0 fully saturated rings. The molecule has 0 bridgehead atoms. The van der Waals surface area contributed by atoms with Crippen LogP contribution in [0.3, 0.4) is 0 Å². The molecule has 0 aliphatic carbocycles. The highest BCUT2D eigenvalue weighted by Gasteiger charge is 2.15. The quantitative estimate of drug-likeness (QED) is 0.615. The number of thiazole rings is 1. The fourth-order valence-corrected chi connectivity index (χ4v) is 2.28. The molecule has 0 aliphatic heterocycles. The Morgan fingerprint density at radius 3 is 2.79 bits per heavy atom. The monoisotopic (exact) mass is 293 g/mol. The Morgan fingerprint density at radius 1 is 1.37 bits per heavy atom. The smallest absolute Gasteiger partial charge is 0.230 e. The van der Waals surface area contributed by atoms with E-state index >= 15 is 0 Å². The van der Waals surface area contributed by atoms with E-state index < -0.39 is 0 Å². The Hall–Kier alpha value is -1.59. The van der Waals surface area contributed by atoms with Crippen molar-refractivity contribution >= 4 is 33.9 Å². The van der Waals surface area contributed by atoms with Crippen LogP contribution in [0.2, 0.25) is 5.02 Å². The summed E-state index contributed by atoms with van der Waals surface area (Å²) in [6.07, 6.45) is 1.50. The fraction of sp³-hybridized carbons (Fsp3) is 0.231. The molecule has 0 aliphatic rings. The Morgan fingerprint density at radius 2 is 2.11 bits per heavy atom. The second-order valence-electron chi connectivity index (χ2n) is 4.13. The molecule has 0 amide bonds. The number of azo groups is 1. The highest BCUT2D eigenvalue weighted by atomic mass is 35.5. The minimum atomic E-state index is -0.144. The summed E-state index contributed by atoms with van der Waals surface area (Å²) in [5.74, 6) is -0.144. The fourth-order valence-electron chi connectivity index (χ4n) is 1.36. The Labute approximate surface area is 120 Å². The lowest BCUT2D eigenvalue weighted by molar-refractivity contribution is 0.104. The molecule has 0 radical (unpaired) electrons. The Bertz CT molecular complexity index is 622. The zero-order chi connectivity index (χ0) is 13.8. The van der Waals surface area contributed by atoms with Gasteiger partial charge in [0.2, 0.25) is 10.9 Å². The van der Waals surface area contributed by atoms with Crippen LogP contribution in [0.4, 0.5) is 5.13 Å². The summed E-state index contributed by atoms with van der Waals surface area (Å²) in [6, 6.07) is 7.05. The average molecular weight is 294 g/mol. The molecule has 4 nitrogen and oxygen atoms in total. The second-order valence-corrected chi connectivity index (χ2v) is 5.54. The first-order chi connectivity index (χ1) is 9.08. The van der Waals surface area contributed by atoms with Crippen LogP contribution in [0.5, 0.6) is 0 Å². The summed E-state index contributed by atoms with van der Waals surface area (Å²) in [5.41, 5.74) is 0.472. The van der Waals surface area contributed by atoms with Gasteiger partial charge in [0.15, 0.2) is 0 Å². The standard InChI is InChI=1S/C13H12ClN3OS/c1-8(2)16-17-13-15-7-11(19-13)12(18)9-5-3-4-6-10(9)14/h3-8H,1-2H3. The predicted molar refractivity (Wildman–Crippen MR) is 76.7 cm³/mol. The van der Waals surface area contributed by atoms with Crippen LogP contribution in [0.25, 0.3) is 0 Å². The number of ketones is 1. The van der Waals surface area contributed by atoms with Gasteiger partial charge in [0.1, 0.15) is 0 Å². The van der Waals surface area contributed by atoms with Gasteiger partial charge in [-0.1, -0.05) is 35.1 Å². The van der Waals surface area contributed by atoms with Crippen molar-refractivity contribution < 1.29 is 4.79 Å². The number of carbonyl (C=O) groups excluding carboxylic acids is 1. The zero-order valence-electron chi connectivity index (χ0n) is 10.5. The molecule has 19 heavy (non-hydrogen) atoms. The van der Waals surface area contributed by atoms with Gasteiger partial charge >= 0.3 is 0 Å². The van der Waals surface area contributed by atoms with Crippen molar-refractivity contribution in [3.63, 3.8) is 0 Å². The van der Waals surface area contributed by atoms with Crippen LogP contribution in [0.15, 0.2) is 40.7 Å². The van der Waals surface area contributed by atoms with E-state index in [1.165, 1.54) is 17.5 Å². The minimum absolute atomic E-state index is 0.103. The highest BCUT2D eigenvalue weighted by molar-refractivity contribution is 7.17. The van der Waals surface area contributed by atoms with Gasteiger partial charge in [0.05, 0.1) is 22.1 Å². The Kier molecular flexibility index (Phi) is 4.39. The topological polar surface area (TPSA) is 54.7 Å². The van der Waals surface area contributed by atoms with Crippen molar-refractivity contribution in [3.05, 3.63) is 45.9 Å². The third-order valence-corrected chi connectivity index (χ3v) is 3.42. The van der Waals surface area contributed by atoms with Gasteiger partial charge in [-0.15, -0.1) is 5.11 Å². The van der Waals surface area contributed by atoms with Crippen LogP contribution in [-0.2, 0) is 0 Å². The van der Waals surface area contributed by atoms with Crippen molar-refractivity contribution in [2.45, 2.75) is 19.9 Å². The number of halogens is 1. The molecule has 0 N–H and O–H groups in total. The van der Waals surface area contributed by atoms with Gasteiger partial charge in [-0.2, -0.15) is 5.11 Å². The summed E-state index contributed by atoms with van der Waals surface area (Å²) < 4.78 is 0. The number of carbonyl (C=O) groups is 1. The molecular weight excluding hydrogens is 282 g/mol. The first kappa shape index (κ1) is 13.8. The SMILES string of the molecule is CC(C)N=Nc1ncc(C(=O)c2ccccc2Cl)s1. The first-order valence-electron chi connectivity index (χ1n) is 5.74. The number of benzene rings is 1. The van der Waals surface area contributed by atoms with Crippen molar-refractivity contribution in [2.24, 2.45) is 10.2 Å². The average Bonchev–Trinajstić information content (AvgIpc) is 2.85. The molecule has 0 unspecified atom stereocenters. The van der Waals surface area contributed by atoms with Crippen LogP contribution in [0.1, 0.15) is 29.1 Å². The summed E-state index contributed by atoms with van der Waals surface area (Å²) in [4.78, 5) is 16.8. The van der Waals surface area contributed by atoms with Crippen LogP contribution in [-0.4, -0.2) is 16.8 Å². The zero-order valence-corrected chi connectivity index (χ0v) is 12.1. The van der Waals surface area contributed by atoms with E-state index in [1.807, 2.05) is 13.8 Å². The lowest BCUT2D eigenvalue weighted by Crippen LogP contribution is -1.98. The molecule has 0 spiro atoms. The van der Waals surface area contributed by atoms with E-state index in [0.29, 0.717) is 20.6 Å². The lowest BCUT2D eigenvalue weighted by Gasteiger charge is -1.99. The highest BCUT2D eigenvalue weighted by Crippen LogP contribution is 2.26. The van der Waals surface area contributed by atoms with E-state index in [-0.39, 0.29) is 11.8 Å². The minimum Gasteiger partial charge on any atom is -0.288 e. The van der Waals surface area contributed by atoms with Crippen LogP contribution >= 0.6 is 22.9 Å². The van der Waals surface area contributed by atoms with E-state index in [0.717, 1.165) is 0 Å². The molecule has 0 saturated carbocycles. The molecule has 1 heterocycles. The van der Waals surface area contributed by atoms with Crippen molar-refractivity contribution in [3.8, 4) is 0 Å². The largest absolute Gasteiger partial charge is 0.288 e. The number of aromatic nitrogens is 1. The summed E-state index contributed by atoms with van der Waals surface area (Å²) in [7, 11) is 0. The van der Waals surface area contributed by atoms with Crippen molar-refractivity contribution in [1.82, 2.24) is 4.98 Å². The molecule has 98 valence electrons. The van der Waals surface area contributed by atoms with Gasteiger partial charge in [0, 0.05) is 5.56 Å². The molecule has 1 aromatic heterocycles. The first-order valence-corrected chi connectivity index (χ1v) is 6.93. The third-order valence-electron chi connectivity index (χ3n) is 2.21.